The molecule has 0 aliphatic carbocycles. The van der Waals surface area contributed by atoms with E-state index in [1.807, 2.05) is 53.1 Å². The van der Waals surface area contributed by atoms with Crippen molar-refractivity contribution >= 4 is 33.5 Å². The maximum atomic E-state index is 14.2. The second-order valence-corrected chi connectivity index (χ2v) is 9.29. The average Bonchev–Trinajstić information content (AvgIpc) is 3.47. The maximum absolute atomic E-state index is 14.2. The molecule has 2 aromatic heterocycles. The van der Waals surface area contributed by atoms with Gasteiger partial charge >= 0.3 is 0 Å². The summed E-state index contributed by atoms with van der Waals surface area (Å²) in [4.78, 5) is 32.2. The van der Waals surface area contributed by atoms with E-state index in [1.165, 1.54) is 18.5 Å². The van der Waals surface area contributed by atoms with Gasteiger partial charge in [-0.25, -0.2) is 9.37 Å². The van der Waals surface area contributed by atoms with Crippen LogP contribution in [0.15, 0.2) is 77.9 Å². The molecule has 1 fully saturated rings. The van der Waals surface area contributed by atoms with Crippen molar-refractivity contribution in [3.63, 3.8) is 0 Å². The number of ether oxygens (including phenoxy) is 1. The number of hydrogen-bond donors (Lipinski definition) is 0. The van der Waals surface area contributed by atoms with Crippen LogP contribution in [0.5, 0.6) is 5.75 Å². The van der Waals surface area contributed by atoms with Crippen LogP contribution in [0.4, 0.5) is 10.1 Å². The van der Waals surface area contributed by atoms with E-state index in [2.05, 4.69) is 4.98 Å². The lowest BCUT2D eigenvalue weighted by Crippen LogP contribution is -2.24. The number of methoxy groups -OCH3 is 1. The molecule has 0 unspecified atom stereocenters. The first-order chi connectivity index (χ1) is 18.0. The highest BCUT2D eigenvalue weighted by Gasteiger charge is 2.22. The number of benzene rings is 3. The molecule has 0 N–H and O–H groups in total. The minimum Gasteiger partial charge on any atom is -0.497 e. The van der Waals surface area contributed by atoms with Crippen molar-refractivity contribution in [2.75, 3.05) is 18.6 Å². The van der Waals surface area contributed by atoms with Gasteiger partial charge in [-0.1, -0.05) is 24.3 Å². The molecule has 7 nitrogen and oxygen atoms in total. The minimum absolute atomic E-state index is 0.139. The standard InChI is InChI=1S/C29H25FN4O3/c1-37-23-5-2-4-20(14-23)16-32-18-31-27-24-15-21(30)9-12-25(24)34(28(27)29(32)36)17-19-7-10-22(11-8-19)33-13-3-6-26(33)35/h2,4-5,7-12,14-15,18H,3,6,13,16-17H2,1H3. The number of nitrogens with zero attached hydrogens (tertiary/aromatic N) is 4. The van der Waals surface area contributed by atoms with E-state index in [0.29, 0.717) is 41.7 Å². The van der Waals surface area contributed by atoms with E-state index < -0.39 is 0 Å². The molecule has 1 amide bonds. The fourth-order valence-corrected chi connectivity index (χ4v) is 5.10. The second-order valence-electron chi connectivity index (χ2n) is 9.29. The molecule has 1 aliphatic heterocycles. The molecule has 6 rings (SSSR count). The molecule has 0 saturated carbocycles. The summed E-state index contributed by atoms with van der Waals surface area (Å²) in [6.45, 7) is 1.46. The van der Waals surface area contributed by atoms with Gasteiger partial charge in [0.2, 0.25) is 5.91 Å². The van der Waals surface area contributed by atoms with E-state index in [0.717, 1.165) is 35.3 Å². The van der Waals surface area contributed by atoms with Crippen LogP contribution in [-0.2, 0) is 17.9 Å². The van der Waals surface area contributed by atoms with Crippen LogP contribution >= 0.6 is 0 Å². The first kappa shape index (κ1) is 23.0. The van der Waals surface area contributed by atoms with E-state index >= 15 is 0 Å². The third kappa shape index (κ3) is 4.14. The zero-order valence-electron chi connectivity index (χ0n) is 20.4. The number of halogens is 1. The number of hydrogen-bond acceptors (Lipinski definition) is 4. The highest BCUT2D eigenvalue weighted by atomic mass is 19.1. The summed E-state index contributed by atoms with van der Waals surface area (Å²) >= 11 is 0. The SMILES string of the molecule is COc1cccc(Cn2cnc3c4cc(F)ccc4n(Cc4ccc(N5CCCC5=O)cc4)c3c2=O)c1. The number of rotatable bonds is 6. The molecular formula is C29H25FN4O3. The number of amides is 1. The van der Waals surface area contributed by atoms with Crippen LogP contribution in [0, 0.1) is 5.82 Å². The van der Waals surface area contributed by atoms with Gasteiger partial charge in [-0.15, -0.1) is 0 Å². The fraction of sp³-hybridized carbons (Fsp3) is 0.207. The highest BCUT2D eigenvalue weighted by molar-refractivity contribution is 6.05. The van der Waals surface area contributed by atoms with Crippen LogP contribution in [0.2, 0.25) is 0 Å². The van der Waals surface area contributed by atoms with E-state index in [4.69, 9.17) is 4.74 Å². The Kier molecular flexibility index (Phi) is 5.71. The zero-order chi connectivity index (χ0) is 25.5. The molecule has 0 radical (unpaired) electrons. The quantitative estimate of drug-likeness (QED) is 0.341. The van der Waals surface area contributed by atoms with E-state index in [1.54, 1.807) is 22.6 Å². The molecule has 8 heteroatoms. The molecule has 5 aromatic rings. The topological polar surface area (TPSA) is 69.4 Å². The van der Waals surface area contributed by atoms with Crippen molar-refractivity contribution in [1.82, 2.24) is 14.1 Å². The lowest BCUT2D eigenvalue weighted by molar-refractivity contribution is -0.117. The predicted molar refractivity (Wildman–Crippen MR) is 141 cm³/mol. The normalized spacial score (nSPS) is 13.7. The number of aromatic nitrogens is 3. The minimum atomic E-state index is -0.381. The lowest BCUT2D eigenvalue weighted by Gasteiger charge is -2.16. The van der Waals surface area contributed by atoms with Crippen LogP contribution in [0.25, 0.3) is 21.9 Å². The molecule has 186 valence electrons. The van der Waals surface area contributed by atoms with Crippen molar-refractivity contribution in [3.8, 4) is 5.75 Å². The Balaban J connectivity index is 1.43. The van der Waals surface area contributed by atoms with Crippen molar-refractivity contribution in [1.29, 1.82) is 0 Å². The van der Waals surface area contributed by atoms with Crippen molar-refractivity contribution in [3.05, 3.63) is 100 Å². The Morgan fingerprint density at radius 3 is 2.57 bits per heavy atom. The van der Waals surface area contributed by atoms with Gasteiger partial charge in [0.1, 0.15) is 22.6 Å². The number of fused-ring (bicyclic) bond motifs is 3. The maximum Gasteiger partial charge on any atom is 0.278 e. The molecule has 0 spiro atoms. The molecule has 3 heterocycles. The first-order valence-corrected chi connectivity index (χ1v) is 12.2. The van der Waals surface area contributed by atoms with Gasteiger partial charge < -0.3 is 14.2 Å². The molecule has 1 aliphatic rings. The molecule has 0 atom stereocenters. The number of carbonyl (C=O) groups excluding carboxylic acids is 1. The van der Waals surface area contributed by atoms with Crippen molar-refractivity contribution in [2.45, 2.75) is 25.9 Å². The summed E-state index contributed by atoms with van der Waals surface area (Å²) in [5.74, 6) is 0.469. The van der Waals surface area contributed by atoms with E-state index in [9.17, 15) is 14.0 Å². The van der Waals surface area contributed by atoms with Crippen molar-refractivity contribution < 1.29 is 13.9 Å². The Morgan fingerprint density at radius 2 is 1.81 bits per heavy atom. The number of anilines is 1. The third-order valence-electron chi connectivity index (χ3n) is 6.94. The second kappa shape index (κ2) is 9.20. The summed E-state index contributed by atoms with van der Waals surface area (Å²) in [5, 5.41) is 0.597. The Morgan fingerprint density at radius 1 is 0.973 bits per heavy atom. The van der Waals surface area contributed by atoms with Gasteiger partial charge in [-0.3, -0.25) is 14.2 Å². The van der Waals surface area contributed by atoms with Gasteiger partial charge in [0, 0.05) is 30.6 Å². The van der Waals surface area contributed by atoms with Crippen LogP contribution in [0.1, 0.15) is 24.0 Å². The Labute approximate surface area is 212 Å². The zero-order valence-corrected chi connectivity index (χ0v) is 20.4. The van der Waals surface area contributed by atoms with Gasteiger partial charge in [0.15, 0.2) is 0 Å². The fourth-order valence-electron chi connectivity index (χ4n) is 5.10. The molecule has 37 heavy (non-hydrogen) atoms. The van der Waals surface area contributed by atoms with Gasteiger partial charge in [0.05, 0.1) is 25.5 Å². The Hall–Kier alpha value is -4.46. The van der Waals surface area contributed by atoms with E-state index in [-0.39, 0.29) is 17.3 Å². The van der Waals surface area contributed by atoms with Crippen LogP contribution in [0.3, 0.4) is 0 Å². The number of carbonyl (C=O) groups is 1. The van der Waals surface area contributed by atoms with Crippen LogP contribution in [-0.4, -0.2) is 33.7 Å². The molecule has 0 bridgehead atoms. The van der Waals surface area contributed by atoms with Gasteiger partial charge in [-0.05, 0) is 60.0 Å². The third-order valence-corrected chi connectivity index (χ3v) is 6.94. The van der Waals surface area contributed by atoms with Crippen molar-refractivity contribution in [2.24, 2.45) is 0 Å². The largest absolute Gasteiger partial charge is 0.497 e. The van der Waals surface area contributed by atoms with Gasteiger partial charge in [-0.2, -0.15) is 0 Å². The van der Waals surface area contributed by atoms with Crippen LogP contribution < -0.4 is 15.2 Å². The summed E-state index contributed by atoms with van der Waals surface area (Å²) in [7, 11) is 1.60. The summed E-state index contributed by atoms with van der Waals surface area (Å²) in [6, 6.07) is 19.9. The Bertz CT molecular complexity index is 1700. The summed E-state index contributed by atoms with van der Waals surface area (Å²) in [5.41, 5.74) is 4.16. The molecule has 1 saturated heterocycles. The average molecular weight is 497 g/mol. The lowest BCUT2D eigenvalue weighted by atomic mass is 10.2. The highest BCUT2D eigenvalue weighted by Crippen LogP contribution is 2.28. The smallest absolute Gasteiger partial charge is 0.278 e. The predicted octanol–water partition coefficient (Wildman–Crippen LogP) is 4.72. The monoisotopic (exact) mass is 496 g/mol. The summed E-state index contributed by atoms with van der Waals surface area (Å²) < 4.78 is 23.0. The molecule has 3 aromatic carbocycles. The first-order valence-electron chi connectivity index (χ1n) is 12.2. The molecular weight excluding hydrogens is 471 g/mol. The summed E-state index contributed by atoms with van der Waals surface area (Å²) in [6.07, 6.45) is 2.96. The van der Waals surface area contributed by atoms with Gasteiger partial charge in [0.25, 0.3) is 5.56 Å².